The Morgan fingerprint density at radius 2 is 1.79 bits per heavy atom. The SMILES string of the molecule is [B]OC(C)(C)c1ccccc1C(C)C. The smallest absolute Gasteiger partial charge is 0.283 e. The predicted octanol–water partition coefficient (Wildman–Crippen LogP) is 3.15. The van der Waals surface area contributed by atoms with Crippen LogP contribution in [0.2, 0.25) is 0 Å². The van der Waals surface area contributed by atoms with Gasteiger partial charge < -0.3 is 4.65 Å². The molecule has 0 saturated heterocycles. The van der Waals surface area contributed by atoms with Crippen LogP contribution in [0, 0.1) is 0 Å². The Bertz CT molecular complexity index is 305. The molecular weight excluding hydrogens is 171 g/mol. The van der Waals surface area contributed by atoms with E-state index in [4.69, 9.17) is 12.7 Å². The lowest BCUT2D eigenvalue weighted by atomic mass is 9.87. The van der Waals surface area contributed by atoms with E-state index in [9.17, 15) is 0 Å². The van der Waals surface area contributed by atoms with Gasteiger partial charge in [0.05, 0.1) is 5.60 Å². The van der Waals surface area contributed by atoms with Crippen molar-refractivity contribution in [1.29, 1.82) is 0 Å². The van der Waals surface area contributed by atoms with Crippen LogP contribution in [0.5, 0.6) is 0 Å². The topological polar surface area (TPSA) is 9.23 Å². The fraction of sp³-hybridized carbons (Fsp3) is 0.500. The van der Waals surface area contributed by atoms with E-state index in [1.165, 1.54) is 5.56 Å². The Hall–Kier alpha value is -0.755. The molecule has 2 heteroatoms. The fourth-order valence-corrected chi connectivity index (χ4v) is 1.61. The second kappa shape index (κ2) is 4.18. The molecule has 0 aromatic heterocycles. The molecule has 0 aliphatic heterocycles. The van der Waals surface area contributed by atoms with Crippen LogP contribution in [0.15, 0.2) is 24.3 Å². The first-order valence-corrected chi connectivity index (χ1v) is 4.96. The van der Waals surface area contributed by atoms with Gasteiger partial charge in [-0.3, -0.25) is 0 Å². The van der Waals surface area contributed by atoms with E-state index in [0.29, 0.717) is 5.92 Å². The molecule has 1 aromatic carbocycles. The first-order chi connectivity index (χ1) is 6.49. The van der Waals surface area contributed by atoms with Gasteiger partial charge in [-0.2, -0.15) is 0 Å². The molecule has 0 N–H and O–H groups in total. The minimum absolute atomic E-state index is 0.416. The van der Waals surface area contributed by atoms with Crippen LogP contribution in [0.3, 0.4) is 0 Å². The van der Waals surface area contributed by atoms with Crippen molar-refractivity contribution in [3.63, 3.8) is 0 Å². The first kappa shape index (κ1) is 11.3. The Morgan fingerprint density at radius 3 is 2.29 bits per heavy atom. The highest BCUT2D eigenvalue weighted by molar-refractivity contribution is 5.98. The summed E-state index contributed by atoms with van der Waals surface area (Å²) in [6.45, 7) is 8.30. The number of rotatable bonds is 3. The second-order valence-corrected chi connectivity index (χ2v) is 4.37. The molecule has 0 unspecified atom stereocenters. The highest BCUT2D eigenvalue weighted by Gasteiger charge is 2.22. The molecule has 1 rings (SSSR count). The van der Waals surface area contributed by atoms with E-state index < -0.39 is 5.60 Å². The lowest BCUT2D eigenvalue weighted by molar-refractivity contribution is 0.122. The van der Waals surface area contributed by atoms with E-state index >= 15 is 0 Å². The average Bonchev–Trinajstić information content (AvgIpc) is 2.18. The van der Waals surface area contributed by atoms with Gasteiger partial charge in [0, 0.05) is 0 Å². The molecule has 0 atom stereocenters. The van der Waals surface area contributed by atoms with Gasteiger partial charge in [0.15, 0.2) is 0 Å². The monoisotopic (exact) mass is 188 g/mol. The quantitative estimate of drug-likeness (QED) is 0.662. The van der Waals surface area contributed by atoms with Gasteiger partial charge in [0.25, 0.3) is 8.05 Å². The fourth-order valence-electron chi connectivity index (χ4n) is 1.61. The van der Waals surface area contributed by atoms with Crippen LogP contribution in [0.1, 0.15) is 44.7 Å². The van der Waals surface area contributed by atoms with E-state index in [1.807, 2.05) is 26.0 Å². The van der Waals surface area contributed by atoms with Crippen LogP contribution < -0.4 is 0 Å². The molecule has 0 aliphatic rings. The Labute approximate surface area is 87.9 Å². The van der Waals surface area contributed by atoms with Gasteiger partial charge in [0.2, 0.25) is 0 Å². The number of hydrogen-bond donors (Lipinski definition) is 0. The molecule has 0 amide bonds. The van der Waals surface area contributed by atoms with Crippen LogP contribution in [-0.4, -0.2) is 8.05 Å². The maximum Gasteiger partial charge on any atom is 0.283 e. The molecule has 0 saturated carbocycles. The second-order valence-electron chi connectivity index (χ2n) is 4.37. The van der Waals surface area contributed by atoms with Crippen LogP contribution in [0.25, 0.3) is 0 Å². The molecule has 0 bridgehead atoms. The Kier molecular flexibility index (Phi) is 3.38. The summed E-state index contributed by atoms with van der Waals surface area (Å²) in [5.41, 5.74) is 2.04. The number of benzene rings is 1. The van der Waals surface area contributed by atoms with Gasteiger partial charge in [-0.1, -0.05) is 38.1 Å². The van der Waals surface area contributed by atoms with Crippen molar-refractivity contribution in [3.05, 3.63) is 35.4 Å². The van der Waals surface area contributed by atoms with Crippen molar-refractivity contribution in [2.45, 2.75) is 39.2 Å². The van der Waals surface area contributed by atoms with Gasteiger partial charge in [-0.25, -0.2) is 0 Å². The van der Waals surface area contributed by atoms with Crippen molar-refractivity contribution < 1.29 is 4.65 Å². The molecule has 74 valence electrons. The van der Waals surface area contributed by atoms with Crippen molar-refractivity contribution in [2.24, 2.45) is 0 Å². The Balaban J connectivity index is 3.20. The summed E-state index contributed by atoms with van der Waals surface area (Å²) in [5.74, 6) is 0.487. The zero-order valence-electron chi connectivity index (χ0n) is 9.37. The van der Waals surface area contributed by atoms with Crippen LogP contribution >= 0.6 is 0 Å². The van der Waals surface area contributed by atoms with Gasteiger partial charge >= 0.3 is 0 Å². The molecule has 14 heavy (non-hydrogen) atoms. The van der Waals surface area contributed by atoms with Gasteiger partial charge in [-0.05, 0) is 30.9 Å². The normalized spacial score (nSPS) is 12.1. The standard InChI is InChI=1S/C12H17BO/c1-9(2)10-7-5-6-8-11(10)12(3,4)14-13/h5-9H,1-4H3. The maximum absolute atomic E-state index is 5.31. The molecule has 0 fully saturated rings. The zero-order valence-corrected chi connectivity index (χ0v) is 9.37. The molecular formula is C12H17BO. The minimum atomic E-state index is -0.416. The zero-order chi connectivity index (χ0) is 10.8. The molecule has 1 aromatic rings. The summed E-state index contributed by atoms with van der Waals surface area (Å²) in [6, 6.07) is 8.26. The predicted molar refractivity (Wildman–Crippen MR) is 60.4 cm³/mol. The maximum atomic E-state index is 5.31. The summed E-state index contributed by atoms with van der Waals surface area (Å²) in [7, 11) is 5.31. The lowest BCUT2D eigenvalue weighted by Gasteiger charge is -2.28. The Morgan fingerprint density at radius 1 is 1.21 bits per heavy atom. The molecule has 0 aliphatic carbocycles. The third kappa shape index (κ3) is 2.18. The molecule has 2 radical (unpaired) electrons. The molecule has 0 heterocycles. The van der Waals surface area contributed by atoms with E-state index in [-0.39, 0.29) is 0 Å². The summed E-state index contributed by atoms with van der Waals surface area (Å²) < 4.78 is 5.01. The lowest BCUT2D eigenvalue weighted by Crippen LogP contribution is -2.22. The minimum Gasteiger partial charge on any atom is -0.439 e. The average molecular weight is 188 g/mol. The van der Waals surface area contributed by atoms with E-state index in [0.717, 1.165) is 5.56 Å². The van der Waals surface area contributed by atoms with Crippen molar-refractivity contribution in [2.75, 3.05) is 0 Å². The third-order valence-corrected chi connectivity index (χ3v) is 2.53. The first-order valence-electron chi connectivity index (χ1n) is 4.96. The van der Waals surface area contributed by atoms with Crippen molar-refractivity contribution >= 4 is 8.05 Å². The highest BCUT2D eigenvalue weighted by Crippen LogP contribution is 2.30. The van der Waals surface area contributed by atoms with Crippen molar-refractivity contribution in [3.8, 4) is 0 Å². The van der Waals surface area contributed by atoms with Crippen molar-refractivity contribution in [1.82, 2.24) is 0 Å². The summed E-state index contributed by atoms with van der Waals surface area (Å²) >= 11 is 0. The molecule has 0 spiro atoms. The van der Waals surface area contributed by atoms with E-state index in [2.05, 4.69) is 26.0 Å². The van der Waals surface area contributed by atoms with E-state index in [1.54, 1.807) is 0 Å². The van der Waals surface area contributed by atoms with Gasteiger partial charge in [0.1, 0.15) is 0 Å². The summed E-state index contributed by atoms with van der Waals surface area (Å²) in [6.07, 6.45) is 0. The van der Waals surface area contributed by atoms with Crippen LogP contribution in [0.4, 0.5) is 0 Å². The molecule has 1 nitrogen and oxygen atoms in total. The summed E-state index contributed by atoms with van der Waals surface area (Å²) in [5, 5.41) is 0. The highest BCUT2D eigenvalue weighted by atomic mass is 16.4. The number of hydrogen-bond acceptors (Lipinski definition) is 1. The largest absolute Gasteiger partial charge is 0.439 e. The third-order valence-electron chi connectivity index (χ3n) is 2.53. The summed E-state index contributed by atoms with van der Waals surface area (Å²) in [4.78, 5) is 0. The van der Waals surface area contributed by atoms with Crippen LogP contribution in [-0.2, 0) is 10.3 Å². The van der Waals surface area contributed by atoms with Gasteiger partial charge in [-0.15, -0.1) is 0 Å².